The lowest BCUT2D eigenvalue weighted by Crippen LogP contribution is -2.54. The fourth-order valence-electron chi connectivity index (χ4n) is 3.73. The summed E-state index contributed by atoms with van der Waals surface area (Å²) < 4.78 is 7.59. The number of imidazole rings is 1. The Morgan fingerprint density at radius 3 is 2.50 bits per heavy atom. The van der Waals surface area contributed by atoms with Crippen molar-refractivity contribution in [2.24, 2.45) is 5.92 Å². The quantitative estimate of drug-likeness (QED) is 0.893. The first-order valence-electron chi connectivity index (χ1n) is 9.25. The van der Waals surface area contributed by atoms with Gasteiger partial charge < -0.3 is 19.5 Å². The van der Waals surface area contributed by atoms with Crippen LogP contribution in [0.3, 0.4) is 0 Å². The molecule has 6 heteroatoms. The maximum absolute atomic E-state index is 13.0. The highest BCUT2D eigenvalue weighted by molar-refractivity contribution is 5.82. The summed E-state index contributed by atoms with van der Waals surface area (Å²) in [5.74, 6) is 0.562. The summed E-state index contributed by atoms with van der Waals surface area (Å²) in [6.07, 6.45) is 9.73. The molecule has 0 spiro atoms. The van der Waals surface area contributed by atoms with Gasteiger partial charge in [0.15, 0.2) is 0 Å². The van der Waals surface area contributed by atoms with Crippen LogP contribution in [-0.2, 0) is 9.53 Å². The van der Waals surface area contributed by atoms with E-state index in [1.54, 1.807) is 0 Å². The van der Waals surface area contributed by atoms with E-state index in [0.717, 1.165) is 52.0 Å². The average molecular weight is 334 g/mol. The molecule has 0 saturated carbocycles. The fourth-order valence-corrected chi connectivity index (χ4v) is 3.73. The molecule has 1 aromatic rings. The highest BCUT2D eigenvalue weighted by Crippen LogP contribution is 2.23. The molecule has 1 amide bonds. The predicted molar refractivity (Wildman–Crippen MR) is 92.7 cm³/mol. The molecule has 0 radical (unpaired) electrons. The van der Waals surface area contributed by atoms with Crippen LogP contribution in [0.1, 0.15) is 45.6 Å². The Kier molecular flexibility index (Phi) is 5.89. The summed E-state index contributed by atoms with van der Waals surface area (Å²) in [6, 6.07) is 0.786. The first-order chi connectivity index (χ1) is 11.6. The molecular formula is C18H30N4O2. The molecule has 2 aliphatic rings. The number of carbonyl (C=O) groups is 1. The van der Waals surface area contributed by atoms with Gasteiger partial charge in [0, 0.05) is 50.8 Å². The Morgan fingerprint density at radius 2 is 1.92 bits per heavy atom. The lowest BCUT2D eigenvalue weighted by molar-refractivity contribution is -0.136. The van der Waals surface area contributed by atoms with E-state index in [4.69, 9.17) is 4.74 Å². The van der Waals surface area contributed by atoms with Crippen LogP contribution in [0.25, 0.3) is 0 Å². The molecule has 2 saturated heterocycles. The molecule has 1 aromatic heterocycles. The van der Waals surface area contributed by atoms with Gasteiger partial charge in [0.25, 0.3) is 0 Å². The molecule has 1 atom stereocenters. The second-order valence-corrected chi connectivity index (χ2v) is 7.34. The smallest absolute Gasteiger partial charge is 0.239 e. The number of likely N-dealkylation sites (tertiary alicyclic amines) is 1. The number of ether oxygens (including phenoxy) is 1. The van der Waals surface area contributed by atoms with Crippen LogP contribution in [0.4, 0.5) is 0 Å². The van der Waals surface area contributed by atoms with Crippen molar-refractivity contribution >= 4 is 5.91 Å². The van der Waals surface area contributed by atoms with Gasteiger partial charge in [0.05, 0.1) is 12.4 Å². The first-order valence-corrected chi connectivity index (χ1v) is 9.25. The van der Waals surface area contributed by atoms with E-state index in [1.165, 1.54) is 0 Å². The van der Waals surface area contributed by atoms with Gasteiger partial charge in [-0.25, -0.2) is 4.98 Å². The molecule has 1 N–H and O–H groups in total. The van der Waals surface area contributed by atoms with Crippen LogP contribution in [0.5, 0.6) is 0 Å². The molecule has 0 aliphatic carbocycles. The maximum Gasteiger partial charge on any atom is 0.239 e. The van der Waals surface area contributed by atoms with E-state index >= 15 is 0 Å². The Bertz CT molecular complexity index is 503. The first kappa shape index (κ1) is 17.4. The van der Waals surface area contributed by atoms with E-state index in [-0.39, 0.29) is 11.9 Å². The molecule has 3 heterocycles. The Morgan fingerprint density at radius 1 is 1.21 bits per heavy atom. The van der Waals surface area contributed by atoms with Crippen molar-refractivity contribution in [3.8, 4) is 0 Å². The van der Waals surface area contributed by atoms with Crippen molar-refractivity contribution in [1.29, 1.82) is 0 Å². The number of hydrogen-bond acceptors (Lipinski definition) is 4. The number of hydrogen-bond donors (Lipinski definition) is 1. The van der Waals surface area contributed by atoms with E-state index < -0.39 is 0 Å². The van der Waals surface area contributed by atoms with Crippen molar-refractivity contribution in [2.75, 3.05) is 26.3 Å². The van der Waals surface area contributed by atoms with Crippen LogP contribution < -0.4 is 5.32 Å². The van der Waals surface area contributed by atoms with Crippen LogP contribution in [0.15, 0.2) is 18.7 Å². The monoisotopic (exact) mass is 334 g/mol. The van der Waals surface area contributed by atoms with Crippen molar-refractivity contribution in [3.63, 3.8) is 0 Å². The molecule has 6 nitrogen and oxygen atoms in total. The maximum atomic E-state index is 13.0. The number of nitrogens with one attached hydrogen (secondary N) is 1. The van der Waals surface area contributed by atoms with Crippen LogP contribution >= 0.6 is 0 Å². The zero-order valence-corrected chi connectivity index (χ0v) is 14.9. The molecule has 24 heavy (non-hydrogen) atoms. The zero-order chi connectivity index (χ0) is 16.9. The third-order valence-corrected chi connectivity index (χ3v) is 5.29. The number of aromatic nitrogens is 2. The summed E-state index contributed by atoms with van der Waals surface area (Å²) in [5.41, 5.74) is 0. The highest BCUT2D eigenvalue weighted by Gasteiger charge is 2.32. The van der Waals surface area contributed by atoms with Gasteiger partial charge in [0.1, 0.15) is 0 Å². The third-order valence-electron chi connectivity index (χ3n) is 5.29. The Labute approximate surface area is 144 Å². The van der Waals surface area contributed by atoms with Crippen LogP contribution in [-0.4, -0.2) is 58.7 Å². The van der Waals surface area contributed by atoms with Gasteiger partial charge in [-0.2, -0.15) is 0 Å². The molecule has 0 aromatic carbocycles. The Hall–Kier alpha value is -1.40. The van der Waals surface area contributed by atoms with Crippen molar-refractivity contribution < 1.29 is 9.53 Å². The summed E-state index contributed by atoms with van der Waals surface area (Å²) in [7, 11) is 0. The molecule has 2 aliphatic heterocycles. The van der Waals surface area contributed by atoms with Gasteiger partial charge in [-0.05, 0) is 31.6 Å². The summed E-state index contributed by atoms with van der Waals surface area (Å²) >= 11 is 0. The van der Waals surface area contributed by atoms with Gasteiger partial charge in [-0.3, -0.25) is 4.79 Å². The third kappa shape index (κ3) is 4.16. The number of carbonyl (C=O) groups excluding carboxylic acids is 1. The largest absolute Gasteiger partial charge is 0.381 e. The fraction of sp³-hybridized carbons (Fsp3) is 0.778. The average Bonchev–Trinajstić information content (AvgIpc) is 3.14. The highest BCUT2D eigenvalue weighted by atomic mass is 16.5. The van der Waals surface area contributed by atoms with Crippen molar-refractivity contribution in [2.45, 2.75) is 57.7 Å². The summed E-state index contributed by atoms with van der Waals surface area (Å²) in [4.78, 5) is 19.2. The van der Waals surface area contributed by atoms with E-state index in [9.17, 15) is 4.79 Å². The van der Waals surface area contributed by atoms with E-state index in [1.807, 2.05) is 23.6 Å². The molecule has 0 unspecified atom stereocenters. The number of rotatable bonds is 5. The minimum absolute atomic E-state index is 0.0853. The zero-order valence-electron chi connectivity index (χ0n) is 14.9. The molecule has 2 fully saturated rings. The van der Waals surface area contributed by atoms with Crippen LogP contribution in [0.2, 0.25) is 0 Å². The second-order valence-electron chi connectivity index (χ2n) is 7.34. The van der Waals surface area contributed by atoms with Crippen LogP contribution in [0, 0.1) is 5.92 Å². The summed E-state index contributed by atoms with van der Waals surface area (Å²) in [6.45, 7) is 7.53. The lowest BCUT2D eigenvalue weighted by atomic mass is 9.97. The minimum Gasteiger partial charge on any atom is -0.381 e. The second kappa shape index (κ2) is 8.12. The molecule has 3 rings (SSSR count). The molecule has 134 valence electrons. The number of piperidine rings is 1. The number of amides is 1. The Balaban J connectivity index is 1.55. The van der Waals surface area contributed by atoms with E-state index in [0.29, 0.717) is 18.0 Å². The number of nitrogens with zero attached hydrogens (tertiary/aromatic N) is 3. The van der Waals surface area contributed by atoms with Gasteiger partial charge >= 0.3 is 0 Å². The van der Waals surface area contributed by atoms with Gasteiger partial charge in [-0.15, -0.1) is 0 Å². The SMILES string of the molecule is CC(C)[C@@H](NC1CCOCC1)C(=O)N1CCC(n2ccnc2)CC1. The molecule has 0 bridgehead atoms. The van der Waals surface area contributed by atoms with E-state index in [2.05, 4.69) is 28.7 Å². The standard InChI is InChI=1S/C18H30N4O2/c1-14(2)17(20-15-5-11-24-12-6-15)18(23)21-8-3-16(4-9-21)22-10-7-19-13-22/h7,10,13-17,20H,3-6,8-9,11-12H2,1-2H3/t17-/m1/s1. The summed E-state index contributed by atoms with van der Waals surface area (Å²) in [5, 5.41) is 3.60. The van der Waals surface area contributed by atoms with Crippen molar-refractivity contribution in [3.05, 3.63) is 18.7 Å². The lowest BCUT2D eigenvalue weighted by Gasteiger charge is -2.37. The van der Waals surface area contributed by atoms with Gasteiger partial charge in [-0.1, -0.05) is 13.8 Å². The molecular weight excluding hydrogens is 304 g/mol. The predicted octanol–water partition coefficient (Wildman–Crippen LogP) is 1.84. The van der Waals surface area contributed by atoms with Gasteiger partial charge in [0.2, 0.25) is 5.91 Å². The normalized spacial score (nSPS) is 22.0. The minimum atomic E-state index is -0.0853. The topological polar surface area (TPSA) is 59.4 Å². The van der Waals surface area contributed by atoms with Crippen molar-refractivity contribution in [1.82, 2.24) is 19.8 Å².